The van der Waals surface area contributed by atoms with E-state index in [0.29, 0.717) is 0 Å². The first-order valence-corrected chi connectivity index (χ1v) is 4.25. The summed E-state index contributed by atoms with van der Waals surface area (Å²) in [4.78, 5) is 0. The summed E-state index contributed by atoms with van der Waals surface area (Å²) < 4.78 is 1.66. The number of pyridine rings is 1. The van der Waals surface area contributed by atoms with Gasteiger partial charge in [0.1, 0.15) is 0 Å². The Labute approximate surface area is 74.5 Å². The Morgan fingerprint density at radius 2 is 2.23 bits per heavy atom. The lowest BCUT2D eigenvalue weighted by atomic mass is 10.1. The molecule has 0 saturated heterocycles. The zero-order valence-corrected chi connectivity index (χ0v) is 7.01. The molecule has 0 amide bonds. The number of rotatable bonds is 1. The number of hydrogen-bond donors (Lipinski definition) is 1. The van der Waals surface area contributed by atoms with Crippen molar-refractivity contribution in [2.75, 3.05) is 0 Å². The minimum Gasteiger partial charge on any atom is -0.321 e. The second-order valence-corrected chi connectivity index (χ2v) is 3.56. The number of nitrogens with two attached hydrogens (primary N) is 1. The van der Waals surface area contributed by atoms with Gasteiger partial charge in [0, 0.05) is 11.7 Å². The molecule has 1 aliphatic rings. The van der Waals surface area contributed by atoms with Crippen LogP contribution in [-0.2, 0) is 5.54 Å². The first-order valence-electron chi connectivity index (χ1n) is 4.25. The summed E-state index contributed by atoms with van der Waals surface area (Å²) in [6.45, 7) is 0. The topological polar surface area (TPSA) is 69.1 Å². The van der Waals surface area contributed by atoms with Gasteiger partial charge in [0.2, 0.25) is 0 Å². The molecular formula is C8H9N5. The maximum Gasteiger partial charge on any atom is 0.179 e. The van der Waals surface area contributed by atoms with E-state index in [1.165, 1.54) is 0 Å². The third-order valence-electron chi connectivity index (χ3n) is 2.56. The third kappa shape index (κ3) is 0.936. The molecule has 5 heteroatoms. The first-order chi connectivity index (χ1) is 6.28. The average Bonchev–Trinajstić information content (AvgIpc) is 2.74. The molecule has 2 heterocycles. The van der Waals surface area contributed by atoms with E-state index in [1.807, 2.05) is 18.3 Å². The molecule has 1 fully saturated rings. The summed E-state index contributed by atoms with van der Waals surface area (Å²) in [5.74, 6) is 0. The first kappa shape index (κ1) is 6.97. The lowest BCUT2D eigenvalue weighted by Crippen LogP contribution is -2.19. The molecule has 0 unspecified atom stereocenters. The molecule has 0 aromatic carbocycles. The fourth-order valence-corrected chi connectivity index (χ4v) is 1.46. The van der Waals surface area contributed by atoms with Crippen LogP contribution in [0.2, 0.25) is 0 Å². The SMILES string of the molecule is NC1(c2ccc3nnnn3c2)CC1. The predicted octanol–water partition coefficient (Wildman–Crippen LogP) is 0.0721. The van der Waals surface area contributed by atoms with Crippen LogP contribution >= 0.6 is 0 Å². The van der Waals surface area contributed by atoms with Crippen LogP contribution < -0.4 is 5.73 Å². The Bertz CT molecular complexity index is 456. The van der Waals surface area contributed by atoms with E-state index in [9.17, 15) is 0 Å². The van der Waals surface area contributed by atoms with Gasteiger partial charge in [-0.1, -0.05) is 6.07 Å². The summed E-state index contributed by atoms with van der Waals surface area (Å²) in [5.41, 5.74) is 7.81. The fourth-order valence-electron chi connectivity index (χ4n) is 1.46. The van der Waals surface area contributed by atoms with Crippen LogP contribution in [0.4, 0.5) is 0 Å². The van der Waals surface area contributed by atoms with Gasteiger partial charge in [0.15, 0.2) is 5.65 Å². The van der Waals surface area contributed by atoms with Crippen molar-refractivity contribution < 1.29 is 0 Å². The number of aromatic nitrogens is 4. The van der Waals surface area contributed by atoms with Crippen LogP contribution in [0.3, 0.4) is 0 Å². The molecule has 0 radical (unpaired) electrons. The number of tetrazole rings is 1. The molecule has 2 aromatic rings. The Morgan fingerprint density at radius 3 is 3.00 bits per heavy atom. The monoisotopic (exact) mass is 175 g/mol. The van der Waals surface area contributed by atoms with Crippen LogP contribution in [0.15, 0.2) is 18.3 Å². The Balaban J connectivity index is 2.20. The molecular weight excluding hydrogens is 166 g/mol. The summed E-state index contributed by atoms with van der Waals surface area (Å²) in [7, 11) is 0. The molecule has 0 atom stereocenters. The zero-order valence-electron chi connectivity index (χ0n) is 7.01. The number of nitrogens with zero attached hydrogens (tertiary/aromatic N) is 4. The van der Waals surface area contributed by atoms with Gasteiger partial charge in [-0.2, -0.15) is 0 Å². The van der Waals surface area contributed by atoms with Crippen LogP contribution in [0, 0.1) is 0 Å². The van der Waals surface area contributed by atoms with E-state index in [1.54, 1.807) is 4.52 Å². The van der Waals surface area contributed by atoms with Gasteiger partial charge in [0.25, 0.3) is 0 Å². The van der Waals surface area contributed by atoms with Crippen molar-refractivity contribution >= 4 is 5.65 Å². The molecule has 1 aliphatic carbocycles. The molecule has 0 spiro atoms. The minimum atomic E-state index is -0.111. The highest BCUT2D eigenvalue weighted by Gasteiger charge is 2.40. The molecule has 2 aromatic heterocycles. The minimum absolute atomic E-state index is 0.111. The molecule has 66 valence electrons. The van der Waals surface area contributed by atoms with Gasteiger partial charge >= 0.3 is 0 Å². The van der Waals surface area contributed by atoms with E-state index in [2.05, 4.69) is 15.5 Å². The summed E-state index contributed by atoms with van der Waals surface area (Å²) >= 11 is 0. The maximum absolute atomic E-state index is 6.05. The normalized spacial score (nSPS) is 19.2. The van der Waals surface area contributed by atoms with Crippen molar-refractivity contribution in [3.05, 3.63) is 23.9 Å². The summed E-state index contributed by atoms with van der Waals surface area (Å²) in [6, 6.07) is 3.89. The van der Waals surface area contributed by atoms with Crippen molar-refractivity contribution in [3.8, 4) is 0 Å². The van der Waals surface area contributed by atoms with Crippen LogP contribution in [0.25, 0.3) is 5.65 Å². The van der Waals surface area contributed by atoms with Crippen molar-refractivity contribution in [1.29, 1.82) is 0 Å². The molecule has 2 N–H and O–H groups in total. The molecule has 1 saturated carbocycles. The molecule has 0 bridgehead atoms. The van der Waals surface area contributed by atoms with E-state index >= 15 is 0 Å². The predicted molar refractivity (Wildman–Crippen MR) is 45.9 cm³/mol. The van der Waals surface area contributed by atoms with Gasteiger partial charge < -0.3 is 5.73 Å². The lowest BCUT2D eigenvalue weighted by molar-refractivity contribution is 0.721. The van der Waals surface area contributed by atoms with Gasteiger partial charge in [-0.05, 0) is 34.9 Å². The quantitative estimate of drug-likeness (QED) is 0.666. The fraction of sp³-hybridized carbons (Fsp3) is 0.375. The van der Waals surface area contributed by atoms with E-state index < -0.39 is 0 Å². The van der Waals surface area contributed by atoms with Crippen LogP contribution in [0.1, 0.15) is 18.4 Å². The van der Waals surface area contributed by atoms with Crippen molar-refractivity contribution in [2.45, 2.75) is 18.4 Å². The van der Waals surface area contributed by atoms with Gasteiger partial charge in [-0.3, -0.25) is 0 Å². The lowest BCUT2D eigenvalue weighted by Gasteiger charge is -2.07. The van der Waals surface area contributed by atoms with E-state index in [0.717, 1.165) is 24.1 Å². The highest BCUT2D eigenvalue weighted by Crippen LogP contribution is 2.42. The van der Waals surface area contributed by atoms with Crippen molar-refractivity contribution in [1.82, 2.24) is 20.0 Å². The standard InChI is InChI=1S/C8H9N5/c9-8(3-4-8)6-1-2-7-10-11-12-13(7)5-6/h1-2,5H,3-4,9H2. The zero-order chi connectivity index (χ0) is 8.89. The highest BCUT2D eigenvalue weighted by molar-refractivity contribution is 5.39. The number of hydrogen-bond acceptors (Lipinski definition) is 4. The highest BCUT2D eigenvalue weighted by atomic mass is 15.5. The Kier molecular flexibility index (Phi) is 1.10. The van der Waals surface area contributed by atoms with Crippen molar-refractivity contribution in [3.63, 3.8) is 0 Å². The summed E-state index contributed by atoms with van der Waals surface area (Å²) in [5, 5.41) is 11.2. The largest absolute Gasteiger partial charge is 0.321 e. The second-order valence-electron chi connectivity index (χ2n) is 3.56. The van der Waals surface area contributed by atoms with E-state index in [-0.39, 0.29) is 5.54 Å². The maximum atomic E-state index is 6.05. The molecule has 5 nitrogen and oxygen atoms in total. The number of fused-ring (bicyclic) bond motifs is 1. The Morgan fingerprint density at radius 1 is 1.38 bits per heavy atom. The summed E-state index contributed by atoms with van der Waals surface area (Å²) in [6.07, 6.45) is 4.02. The molecule has 3 rings (SSSR count). The Hall–Kier alpha value is -1.49. The van der Waals surface area contributed by atoms with Crippen LogP contribution in [0.5, 0.6) is 0 Å². The van der Waals surface area contributed by atoms with E-state index in [4.69, 9.17) is 5.73 Å². The van der Waals surface area contributed by atoms with Gasteiger partial charge in [-0.25, -0.2) is 4.52 Å². The molecule has 13 heavy (non-hydrogen) atoms. The second kappa shape index (κ2) is 2.05. The van der Waals surface area contributed by atoms with Gasteiger partial charge in [0.05, 0.1) is 0 Å². The van der Waals surface area contributed by atoms with Gasteiger partial charge in [-0.15, -0.1) is 5.10 Å². The van der Waals surface area contributed by atoms with Crippen molar-refractivity contribution in [2.24, 2.45) is 5.73 Å². The molecule has 0 aliphatic heterocycles. The van der Waals surface area contributed by atoms with Crippen LogP contribution in [-0.4, -0.2) is 20.0 Å². The average molecular weight is 175 g/mol. The third-order valence-corrected chi connectivity index (χ3v) is 2.56. The smallest absolute Gasteiger partial charge is 0.179 e.